The summed E-state index contributed by atoms with van der Waals surface area (Å²) in [5.41, 5.74) is 3.97. The van der Waals surface area contributed by atoms with Crippen molar-refractivity contribution in [1.29, 1.82) is 0 Å². The van der Waals surface area contributed by atoms with Crippen molar-refractivity contribution in [2.45, 2.75) is 12.5 Å². The van der Waals surface area contributed by atoms with Crippen LogP contribution in [0.1, 0.15) is 28.2 Å². The van der Waals surface area contributed by atoms with Gasteiger partial charge in [0.2, 0.25) is 0 Å². The lowest BCUT2D eigenvalue weighted by Crippen LogP contribution is -2.23. The first kappa shape index (κ1) is 20.3. The Morgan fingerprint density at radius 2 is 1.47 bits per heavy atom. The van der Waals surface area contributed by atoms with Crippen molar-refractivity contribution in [3.8, 4) is 0 Å². The molecule has 0 spiro atoms. The molecule has 0 unspecified atom stereocenters. The van der Waals surface area contributed by atoms with E-state index in [0.717, 1.165) is 35.3 Å². The standard InChI is InChI=1S/C25H24F2N2O/c1-2-28-15-16-29(18-28)30-17-21-5-3-4-6-24(21)25(19-7-11-22(26)12-8-19)20-9-13-23(27)14-10-20/h2-14,25H,1,15-18H2. The fraction of sp³-hybridized carbons (Fsp3) is 0.200. The number of halogens is 2. The minimum absolute atomic E-state index is 0.158. The molecule has 0 saturated carbocycles. The fourth-order valence-corrected chi connectivity index (χ4v) is 3.81. The van der Waals surface area contributed by atoms with Crippen LogP contribution in [0.2, 0.25) is 0 Å². The summed E-state index contributed by atoms with van der Waals surface area (Å²) < 4.78 is 27.1. The zero-order valence-electron chi connectivity index (χ0n) is 16.7. The normalized spacial score (nSPS) is 14.4. The van der Waals surface area contributed by atoms with E-state index in [1.54, 1.807) is 24.3 Å². The molecule has 0 aliphatic carbocycles. The molecule has 3 aromatic rings. The Morgan fingerprint density at radius 3 is 2.03 bits per heavy atom. The molecule has 0 bridgehead atoms. The Bertz CT molecular complexity index is 943. The highest BCUT2D eigenvalue weighted by Crippen LogP contribution is 2.34. The molecule has 0 amide bonds. The van der Waals surface area contributed by atoms with Crippen LogP contribution < -0.4 is 0 Å². The molecule has 3 aromatic carbocycles. The zero-order chi connectivity index (χ0) is 20.9. The van der Waals surface area contributed by atoms with Crippen LogP contribution in [0.4, 0.5) is 8.78 Å². The number of rotatable bonds is 7. The van der Waals surface area contributed by atoms with Gasteiger partial charge in [0.05, 0.1) is 13.3 Å². The molecule has 0 aromatic heterocycles. The fourth-order valence-electron chi connectivity index (χ4n) is 3.81. The van der Waals surface area contributed by atoms with Crippen molar-refractivity contribution >= 4 is 0 Å². The van der Waals surface area contributed by atoms with Gasteiger partial charge in [0, 0.05) is 19.0 Å². The van der Waals surface area contributed by atoms with E-state index in [9.17, 15) is 8.78 Å². The summed E-state index contributed by atoms with van der Waals surface area (Å²) in [6.07, 6.45) is 1.82. The molecule has 154 valence electrons. The summed E-state index contributed by atoms with van der Waals surface area (Å²) in [6, 6.07) is 21.0. The van der Waals surface area contributed by atoms with E-state index in [1.807, 2.05) is 29.5 Å². The summed E-state index contributed by atoms with van der Waals surface area (Å²) in [4.78, 5) is 8.13. The largest absolute Gasteiger partial charge is 0.362 e. The number of nitrogens with zero attached hydrogens (tertiary/aromatic N) is 2. The zero-order valence-corrected chi connectivity index (χ0v) is 16.7. The lowest BCUT2D eigenvalue weighted by molar-refractivity contribution is -0.160. The number of benzene rings is 3. The second kappa shape index (κ2) is 9.20. The van der Waals surface area contributed by atoms with Crippen LogP contribution in [0.15, 0.2) is 85.6 Å². The van der Waals surface area contributed by atoms with E-state index in [4.69, 9.17) is 4.84 Å². The van der Waals surface area contributed by atoms with E-state index < -0.39 is 0 Å². The van der Waals surface area contributed by atoms with E-state index >= 15 is 0 Å². The molecule has 0 atom stereocenters. The highest BCUT2D eigenvalue weighted by atomic mass is 19.1. The van der Waals surface area contributed by atoms with Crippen LogP contribution in [0.3, 0.4) is 0 Å². The van der Waals surface area contributed by atoms with Gasteiger partial charge in [-0.25, -0.2) is 8.78 Å². The predicted octanol–water partition coefficient (Wildman–Crippen LogP) is 5.30. The van der Waals surface area contributed by atoms with Gasteiger partial charge in [-0.1, -0.05) is 55.1 Å². The average molecular weight is 406 g/mol. The first-order chi connectivity index (χ1) is 14.6. The molecule has 5 heteroatoms. The smallest absolute Gasteiger partial charge is 0.123 e. The van der Waals surface area contributed by atoms with Gasteiger partial charge < -0.3 is 4.90 Å². The van der Waals surface area contributed by atoms with Gasteiger partial charge in [0.15, 0.2) is 0 Å². The Kier molecular flexibility index (Phi) is 6.21. The molecular weight excluding hydrogens is 382 g/mol. The molecule has 0 radical (unpaired) electrons. The first-order valence-corrected chi connectivity index (χ1v) is 9.97. The quantitative estimate of drug-likeness (QED) is 0.496. The number of hydroxylamine groups is 2. The molecule has 0 N–H and O–H groups in total. The minimum Gasteiger partial charge on any atom is -0.362 e. The molecular formula is C25H24F2N2O. The topological polar surface area (TPSA) is 15.7 Å². The van der Waals surface area contributed by atoms with Crippen molar-refractivity contribution in [2.24, 2.45) is 0 Å². The van der Waals surface area contributed by atoms with Gasteiger partial charge in [-0.15, -0.1) is 0 Å². The molecule has 30 heavy (non-hydrogen) atoms. The Hall–Kier alpha value is -3.02. The van der Waals surface area contributed by atoms with Gasteiger partial charge in [-0.2, -0.15) is 5.06 Å². The predicted molar refractivity (Wildman–Crippen MR) is 113 cm³/mol. The third-order valence-corrected chi connectivity index (χ3v) is 5.41. The molecule has 1 aliphatic rings. The van der Waals surface area contributed by atoms with Gasteiger partial charge in [0.1, 0.15) is 11.6 Å². The highest BCUT2D eigenvalue weighted by molar-refractivity contribution is 5.46. The van der Waals surface area contributed by atoms with Crippen LogP contribution in [-0.4, -0.2) is 29.7 Å². The summed E-state index contributed by atoms with van der Waals surface area (Å²) >= 11 is 0. The van der Waals surface area contributed by atoms with Crippen LogP contribution in [0, 0.1) is 11.6 Å². The SMILES string of the molecule is C=CN1CCN(OCc2ccccc2C(c2ccc(F)cc2)c2ccc(F)cc2)C1. The molecule has 1 fully saturated rings. The van der Waals surface area contributed by atoms with Crippen molar-refractivity contribution in [2.75, 3.05) is 19.8 Å². The maximum Gasteiger partial charge on any atom is 0.123 e. The first-order valence-electron chi connectivity index (χ1n) is 9.97. The van der Waals surface area contributed by atoms with E-state index in [2.05, 4.69) is 17.5 Å². The Morgan fingerprint density at radius 1 is 0.867 bits per heavy atom. The second-order valence-corrected chi connectivity index (χ2v) is 7.35. The second-order valence-electron chi connectivity index (χ2n) is 7.35. The van der Waals surface area contributed by atoms with E-state index in [1.165, 1.54) is 24.3 Å². The molecule has 4 rings (SSSR count). The van der Waals surface area contributed by atoms with Gasteiger partial charge in [-0.3, -0.25) is 4.84 Å². The van der Waals surface area contributed by atoms with Crippen LogP contribution >= 0.6 is 0 Å². The summed E-state index contributed by atoms with van der Waals surface area (Å²) in [6.45, 7) is 6.61. The van der Waals surface area contributed by atoms with Crippen LogP contribution in [0.5, 0.6) is 0 Å². The monoisotopic (exact) mass is 406 g/mol. The molecule has 1 saturated heterocycles. The summed E-state index contributed by atoms with van der Waals surface area (Å²) in [5, 5.41) is 1.92. The van der Waals surface area contributed by atoms with Crippen molar-refractivity contribution < 1.29 is 13.6 Å². The van der Waals surface area contributed by atoms with Gasteiger partial charge in [-0.05, 0) is 52.7 Å². The summed E-state index contributed by atoms with van der Waals surface area (Å²) in [7, 11) is 0. The van der Waals surface area contributed by atoms with Crippen molar-refractivity contribution in [3.05, 3.63) is 119 Å². The number of hydrogen-bond acceptors (Lipinski definition) is 3. The minimum atomic E-state index is -0.283. The third-order valence-electron chi connectivity index (χ3n) is 5.41. The third kappa shape index (κ3) is 4.58. The maximum atomic E-state index is 13.6. The molecule has 1 heterocycles. The lowest BCUT2D eigenvalue weighted by Gasteiger charge is -2.23. The molecule has 3 nitrogen and oxygen atoms in total. The maximum absolute atomic E-state index is 13.6. The van der Waals surface area contributed by atoms with E-state index in [0.29, 0.717) is 13.3 Å². The van der Waals surface area contributed by atoms with E-state index in [-0.39, 0.29) is 17.6 Å². The van der Waals surface area contributed by atoms with Crippen LogP contribution in [0.25, 0.3) is 0 Å². The highest BCUT2D eigenvalue weighted by Gasteiger charge is 2.22. The Labute approximate surface area is 175 Å². The summed E-state index contributed by atoms with van der Waals surface area (Å²) in [5.74, 6) is -0.725. The van der Waals surface area contributed by atoms with Gasteiger partial charge in [0.25, 0.3) is 0 Å². The Balaban J connectivity index is 1.66. The van der Waals surface area contributed by atoms with Crippen LogP contribution in [-0.2, 0) is 11.4 Å². The van der Waals surface area contributed by atoms with Crippen molar-refractivity contribution in [1.82, 2.24) is 9.96 Å². The number of hydrogen-bond donors (Lipinski definition) is 0. The van der Waals surface area contributed by atoms with Gasteiger partial charge >= 0.3 is 0 Å². The van der Waals surface area contributed by atoms with Crippen molar-refractivity contribution in [3.63, 3.8) is 0 Å². The lowest BCUT2D eigenvalue weighted by atomic mass is 9.83. The molecule has 1 aliphatic heterocycles. The average Bonchev–Trinajstić information content (AvgIpc) is 3.24.